The Morgan fingerprint density at radius 3 is 1.11 bits per heavy atom. The zero-order valence-electron chi connectivity index (χ0n) is 39.5. The molecule has 0 amide bonds. The SMILES string of the molecule is c1ccc(-c2cc3c(-c4ccccc4)cc(N(c4cccc5ccccc45)c4cc5ccccc5c5ccccc45)cc3cc2N(c2cccc3ccccc23)c2cc3ccccc3c3ccccc23)cc1. The van der Waals surface area contributed by atoms with Crippen LogP contribution in [0.5, 0.6) is 0 Å². The zero-order valence-corrected chi connectivity index (χ0v) is 39.5. The molecule has 0 aliphatic rings. The third-order valence-corrected chi connectivity index (χ3v) is 14.7. The van der Waals surface area contributed by atoms with E-state index in [1.54, 1.807) is 0 Å². The molecule has 14 rings (SSSR count). The molecule has 72 heavy (non-hydrogen) atoms. The van der Waals surface area contributed by atoms with Crippen molar-refractivity contribution in [1.82, 2.24) is 0 Å². The average molecular weight is 915 g/mol. The second kappa shape index (κ2) is 17.2. The van der Waals surface area contributed by atoms with Crippen molar-refractivity contribution >= 4 is 110 Å². The molecule has 0 N–H and O–H groups in total. The van der Waals surface area contributed by atoms with E-state index in [2.05, 4.69) is 289 Å². The van der Waals surface area contributed by atoms with Crippen molar-refractivity contribution in [2.45, 2.75) is 0 Å². The fourth-order valence-electron chi connectivity index (χ4n) is 11.4. The van der Waals surface area contributed by atoms with Crippen LogP contribution in [0.3, 0.4) is 0 Å². The largest absolute Gasteiger partial charge is 0.309 e. The molecule has 0 aliphatic heterocycles. The molecule has 0 unspecified atom stereocenters. The summed E-state index contributed by atoms with van der Waals surface area (Å²) in [5.74, 6) is 0. The Morgan fingerprint density at radius 2 is 0.569 bits per heavy atom. The minimum Gasteiger partial charge on any atom is -0.309 e. The van der Waals surface area contributed by atoms with E-state index in [0.717, 1.165) is 61.8 Å². The second-order valence-electron chi connectivity index (χ2n) is 18.8. The lowest BCUT2D eigenvalue weighted by Gasteiger charge is -2.32. The van der Waals surface area contributed by atoms with Gasteiger partial charge in [-0.15, -0.1) is 0 Å². The zero-order chi connectivity index (χ0) is 47.5. The highest BCUT2D eigenvalue weighted by Gasteiger charge is 2.26. The Bertz CT molecular complexity index is 4390. The molecular formula is C70H46N2. The molecule has 0 saturated carbocycles. The number of rotatable bonds is 8. The van der Waals surface area contributed by atoms with Gasteiger partial charge < -0.3 is 9.80 Å². The minimum absolute atomic E-state index is 1.07. The van der Waals surface area contributed by atoms with Crippen LogP contribution in [0.4, 0.5) is 34.1 Å². The van der Waals surface area contributed by atoms with E-state index in [-0.39, 0.29) is 0 Å². The lowest BCUT2D eigenvalue weighted by Crippen LogP contribution is -2.13. The fourth-order valence-corrected chi connectivity index (χ4v) is 11.4. The molecule has 0 aliphatic carbocycles. The van der Waals surface area contributed by atoms with Crippen LogP contribution in [0.2, 0.25) is 0 Å². The summed E-state index contributed by atoms with van der Waals surface area (Å²) in [5, 5.41) is 16.8. The van der Waals surface area contributed by atoms with Crippen LogP contribution in [0.15, 0.2) is 279 Å². The van der Waals surface area contributed by atoms with Gasteiger partial charge in [-0.25, -0.2) is 0 Å². The molecule has 0 bridgehead atoms. The summed E-state index contributed by atoms with van der Waals surface area (Å²) >= 11 is 0. The van der Waals surface area contributed by atoms with Gasteiger partial charge in [0.2, 0.25) is 0 Å². The summed E-state index contributed by atoms with van der Waals surface area (Å²) in [6.07, 6.45) is 0. The van der Waals surface area contributed by atoms with Crippen molar-refractivity contribution in [3.05, 3.63) is 279 Å². The number of anilines is 6. The Hall–Kier alpha value is -9.50. The number of benzene rings is 14. The quantitative estimate of drug-likeness (QED) is 0.140. The van der Waals surface area contributed by atoms with Crippen LogP contribution in [0, 0.1) is 0 Å². The molecule has 14 aromatic carbocycles. The average Bonchev–Trinajstić information content (AvgIpc) is 3.45. The summed E-state index contributed by atoms with van der Waals surface area (Å²) in [4.78, 5) is 5.07. The van der Waals surface area contributed by atoms with E-state index in [1.165, 1.54) is 70.0 Å². The van der Waals surface area contributed by atoms with Gasteiger partial charge in [0.1, 0.15) is 0 Å². The Labute approximate surface area is 418 Å². The molecule has 2 nitrogen and oxygen atoms in total. The van der Waals surface area contributed by atoms with Gasteiger partial charge in [0.15, 0.2) is 0 Å². The number of hydrogen-bond donors (Lipinski definition) is 0. The predicted molar refractivity (Wildman–Crippen MR) is 309 cm³/mol. The van der Waals surface area contributed by atoms with Crippen molar-refractivity contribution in [2.24, 2.45) is 0 Å². The number of nitrogens with zero attached hydrogens (tertiary/aromatic N) is 2. The van der Waals surface area contributed by atoms with E-state index < -0.39 is 0 Å². The van der Waals surface area contributed by atoms with Crippen LogP contribution >= 0.6 is 0 Å². The van der Waals surface area contributed by atoms with Crippen LogP contribution in [0.1, 0.15) is 0 Å². The standard InChI is InChI=1S/C70H46N2/c1-3-21-49(22-4-1)63-45-54(71(66-39-19-29-47-25-7-13-33-57(47)66)68-42-51-27-9-11-31-55(51)59-35-15-17-37-61(59)68)41-53-44-70(65(46-64(53)63)50-23-5-2-6-24-50)72(67-40-20-30-48-26-8-14-34-58(48)67)69-43-52-28-10-12-32-56(52)60-36-16-18-38-62(60)69/h1-46H. The van der Waals surface area contributed by atoms with E-state index in [9.17, 15) is 0 Å². The first-order valence-electron chi connectivity index (χ1n) is 24.8. The molecule has 0 fully saturated rings. The van der Waals surface area contributed by atoms with E-state index >= 15 is 0 Å². The van der Waals surface area contributed by atoms with Crippen LogP contribution in [-0.4, -0.2) is 0 Å². The van der Waals surface area contributed by atoms with Gasteiger partial charge in [-0.1, -0.05) is 231 Å². The lowest BCUT2D eigenvalue weighted by atomic mass is 9.91. The van der Waals surface area contributed by atoms with Crippen molar-refractivity contribution in [3.63, 3.8) is 0 Å². The van der Waals surface area contributed by atoms with Crippen LogP contribution < -0.4 is 9.80 Å². The minimum atomic E-state index is 1.07. The van der Waals surface area contributed by atoms with E-state index in [4.69, 9.17) is 0 Å². The van der Waals surface area contributed by atoms with E-state index in [1.807, 2.05) is 0 Å². The third kappa shape index (κ3) is 6.88. The summed E-state index contributed by atoms with van der Waals surface area (Å²) in [7, 11) is 0. The Balaban J connectivity index is 1.14. The second-order valence-corrected chi connectivity index (χ2v) is 18.8. The van der Waals surface area contributed by atoms with Crippen molar-refractivity contribution in [3.8, 4) is 22.3 Å². The van der Waals surface area contributed by atoms with Gasteiger partial charge in [0.05, 0.1) is 28.4 Å². The number of hydrogen-bond acceptors (Lipinski definition) is 2. The van der Waals surface area contributed by atoms with Gasteiger partial charge in [-0.2, -0.15) is 0 Å². The van der Waals surface area contributed by atoms with E-state index in [0.29, 0.717) is 0 Å². The first-order valence-corrected chi connectivity index (χ1v) is 24.8. The van der Waals surface area contributed by atoms with Crippen molar-refractivity contribution < 1.29 is 0 Å². The van der Waals surface area contributed by atoms with Gasteiger partial charge >= 0.3 is 0 Å². The first-order chi connectivity index (χ1) is 35.7. The third-order valence-electron chi connectivity index (χ3n) is 14.7. The highest BCUT2D eigenvalue weighted by molar-refractivity contribution is 6.19. The molecule has 0 saturated heterocycles. The van der Waals surface area contributed by atoms with Gasteiger partial charge in [0.25, 0.3) is 0 Å². The molecule has 0 spiro atoms. The molecule has 0 heterocycles. The monoisotopic (exact) mass is 914 g/mol. The van der Waals surface area contributed by atoms with Gasteiger partial charge in [0, 0.05) is 32.8 Å². The predicted octanol–water partition coefficient (Wildman–Crippen LogP) is 20.0. The van der Waals surface area contributed by atoms with Crippen LogP contribution in [0.25, 0.3) is 97.7 Å². The van der Waals surface area contributed by atoms with Crippen molar-refractivity contribution in [2.75, 3.05) is 9.80 Å². The van der Waals surface area contributed by atoms with Crippen LogP contribution in [-0.2, 0) is 0 Å². The maximum Gasteiger partial charge on any atom is 0.0546 e. The maximum atomic E-state index is 2.55. The summed E-state index contributed by atoms with van der Waals surface area (Å²) in [6.45, 7) is 0. The summed E-state index contributed by atoms with van der Waals surface area (Å²) in [5.41, 5.74) is 11.3. The molecule has 2 heteroatoms. The molecule has 0 aromatic heterocycles. The molecular weight excluding hydrogens is 869 g/mol. The summed E-state index contributed by atoms with van der Waals surface area (Å²) in [6, 6.07) is 103. The topological polar surface area (TPSA) is 6.48 Å². The highest BCUT2D eigenvalue weighted by Crippen LogP contribution is 2.51. The van der Waals surface area contributed by atoms with Gasteiger partial charge in [-0.3, -0.25) is 0 Å². The molecule has 14 aromatic rings. The molecule has 336 valence electrons. The number of fused-ring (bicyclic) bond motifs is 9. The normalized spacial score (nSPS) is 11.6. The Kier molecular flexibility index (Phi) is 9.89. The Morgan fingerprint density at radius 1 is 0.181 bits per heavy atom. The maximum absolute atomic E-state index is 2.55. The van der Waals surface area contributed by atoms with Gasteiger partial charge in [-0.05, 0) is 119 Å². The highest BCUT2D eigenvalue weighted by atomic mass is 15.2. The first kappa shape index (κ1) is 41.5. The lowest BCUT2D eigenvalue weighted by molar-refractivity contribution is 1.31. The smallest absolute Gasteiger partial charge is 0.0546 e. The summed E-state index contributed by atoms with van der Waals surface area (Å²) < 4.78 is 0. The molecule has 0 radical (unpaired) electrons. The van der Waals surface area contributed by atoms with Crippen molar-refractivity contribution in [1.29, 1.82) is 0 Å². The molecule has 0 atom stereocenters. The fraction of sp³-hybridized carbons (Fsp3) is 0.